The van der Waals surface area contributed by atoms with Gasteiger partial charge in [-0.05, 0) is 45.4 Å². The second kappa shape index (κ2) is 5.32. The van der Waals surface area contributed by atoms with E-state index in [2.05, 4.69) is 27.3 Å². The molecule has 1 atom stereocenters. The number of aryl methyl sites for hydroxylation is 1. The van der Waals surface area contributed by atoms with Crippen molar-refractivity contribution in [2.75, 3.05) is 13.1 Å². The number of imidazole rings is 1. The van der Waals surface area contributed by atoms with Gasteiger partial charge in [0.1, 0.15) is 5.65 Å². The van der Waals surface area contributed by atoms with Crippen LogP contribution in [0.15, 0.2) is 18.3 Å². The Labute approximate surface area is 130 Å². The van der Waals surface area contributed by atoms with Gasteiger partial charge in [-0.2, -0.15) is 5.26 Å². The van der Waals surface area contributed by atoms with Crippen LogP contribution in [-0.2, 0) is 6.54 Å². The summed E-state index contributed by atoms with van der Waals surface area (Å²) in [5, 5.41) is 10.1. The van der Waals surface area contributed by atoms with Crippen molar-refractivity contribution in [2.45, 2.75) is 33.2 Å². The number of halogens is 1. The fourth-order valence-corrected chi connectivity index (χ4v) is 3.32. The maximum absolute atomic E-state index is 9.35. The highest BCUT2D eigenvalue weighted by Gasteiger charge is 2.31. The molecule has 5 heteroatoms. The first-order valence-electron chi connectivity index (χ1n) is 7.27. The second-order valence-corrected chi connectivity index (χ2v) is 6.64. The van der Waals surface area contributed by atoms with E-state index in [1.54, 1.807) is 0 Å². The Kier molecular flexibility index (Phi) is 3.64. The molecule has 1 unspecified atom stereocenters. The summed E-state index contributed by atoms with van der Waals surface area (Å²) < 4.78 is 2.07. The SMILES string of the molecule is Cc1nc2ccc(Cl)cn2c1CN1CCCC(C)(C#N)C1. The summed E-state index contributed by atoms with van der Waals surface area (Å²) in [5.74, 6) is 0. The molecule has 1 aliphatic rings. The number of piperidine rings is 1. The first-order valence-corrected chi connectivity index (χ1v) is 7.65. The fourth-order valence-electron chi connectivity index (χ4n) is 3.16. The van der Waals surface area contributed by atoms with Crippen LogP contribution >= 0.6 is 11.6 Å². The molecule has 3 rings (SSSR count). The monoisotopic (exact) mass is 302 g/mol. The number of aromatic nitrogens is 2. The smallest absolute Gasteiger partial charge is 0.137 e. The predicted octanol–water partition coefficient (Wildman–Crippen LogP) is 3.42. The predicted molar refractivity (Wildman–Crippen MR) is 83.2 cm³/mol. The van der Waals surface area contributed by atoms with Crippen molar-refractivity contribution < 1.29 is 0 Å². The van der Waals surface area contributed by atoms with Crippen molar-refractivity contribution in [3.05, 3.63) is 34.7 Å². The van der Waals surface area contributed by atoms with E-state index in [9.17, 15) is 5.26 Å². The number of nitrogens with zero attached hydrogens (tertiary/aromatic N) is 4. The maximum Gasteiger partial charge on any atom is 0.137 e. The number of hydrogen-bond donors (Lipinski definition) is 0. The number of nitriles is 1. The molecule has 21 heavy (non-hydrogen) atoms. The van der Waals surface area contributed by atoms with Crippen LogP contribution in [-0.4, -0.2) is 27.4 Å². The van der Waals surface area contributed by atoms with Crippen molar-refractivity contribution in [1.29, 1.82) is 5.26 Å². The number of hydrogen-bond acceptors (Lipinski definition) is 3. The summed E-state index contributed by atoms with van der Waals surface area (Å²) in [5.41, 5.74) is 2.88. The van der Waals surface area contributed by atoms with Crippen LogP contribution in [0.4, 0.5) is 0 Å². The molecule has 2 aromatic rings. The molecular formula is C16H19ClN4. The lowest BCUT2D eigenvalue weighted by atomic mass is 9.83. The van der Waals surface area contributed by atoms with Gasteiger partial charge in [0.2, 0.25) is 0 Å². The standard InChI is InChI=1S/C16H19ClN4/c1-12-14(21-8-13(17)4-5-15(21)19-12)9-20-7-3-6-16(2,10-18)11-20/h4-5,8H,3,6-7,9,11H2,1-2H3. The summed E-state index contributed by atoms with van der Waals surface area (Å²) in [6.07, 6.45) is 3.97. The van der Waals surface area contributed by atoms with E-state index in [0.29, 0.717) is 5.02 Å². The molecule has 0 bridgehead atoms. The molecule has 2 aromatic heterocycles. The molecule has 3 heterocycles. The Balaban J connectivity index is 1.90. The zero-order valence-electron chi connectivity index (χ0n) is 12.4. The van der Waals surface area contributed by atoms with Crippen molar-refractivity contribution in [3.8, 4) is 6.07 Å². The van der Waals surface area contributed by atoms with E-state index in [-0.39, 0.29) is 5.41 Å². The van der Waals surface area contributed by atoms with Gasteiger partial charge in [0.25, 0.3) is 0 Å². The zero-order valence-corrected chi connectivity index (χ0v) is 13.2. The Morgan fingerprint density at radius 1 is 1.48 bits per heavy atom. The summed E-state index contributed by atoms with van der Waals surface area (Å²) >= 11 is 6.11. The van der Waals surface area contributed by atoms with Crippen molar-refractivity contribution in [2.24, 2.45) is 5.41 Å². The quantitative estimate of drug-likeness (QED) is 0.854. The van der Waals surface area contributed by atoms with Crippen LogP contribution in [0.25, 0.3) is 5.65 Å². The van der Waals surface area contributed by atoms with Gasteiger partial charge < -0.3 is 4.40 Å². The van der Waals surface area contributed by atoms with Crippen LogP contribution < -0.4 is 0 Å². The average Bonchev–Trinajstić information content (AvgIpc) is 2.75. The Bertz CT molecular complexity index is 715. The molecule has 1 aliphatic heterocycles. The van der Waals surface area contributed by atoms with Crippen LogP contribution in [0.3, 0.4) is 0 Å². The third-order valence-corrected chi connectivity index (χ3v) is 4.52. The molecule has 0 N–H and O–H groups in total. The Morgan fingerprint density at radius 3 is 3.05 bits per heavy atom. The summed E-state index contributed by atoms with van der Waals surface area (Å²) in [7, 11) is 0. The molecule has 1 fully saturated rings. The van der Waals surface area contributed by atoms with Gasteiger partial charge in [0.15, 0.2) is 0 Å². The minimum Gasteiger partial charge on any atom is -0.301 e. The lowest BCUT2D eigenvalue weighted by Gasteiger charge is -2.35. The van der Waals surface area contributed by atoms with E-state index < -0.39 is 0 Å². The summed E-state index contributed by atoms with van der Waals surface area (Å²) in [6, 6.07) is 6.27. The van der Waals surface area contributed by atoms with Crippen LogP contribution in [0.2, 0.25) is 5.02 Å². The number of pyridine rings is 1. The summed E-state index contributed by atoms with van der Waals surface area (Å²) in [6.45, 7) is 6.74. The van der Waals surface area contributed by atoms with E-state index in [4.69, 9.17) is 11.6 Å². The normalized spacial score (nSPS) is 23.3. The first-order chi connectivity index (χ1) is 10.0. The third-order valence-electron chi connectivity index (χ3n) is 4.30. The highest BCUT2D eigenvalue weighted by atomic mass is 35.5. The highest BCUT2D eigenvalue weighted by Crippen LogP contribution is 2.29. The van der Waals surface area contributed by atoms with Gasteiger partial charge in [0.05, 0.1) is 27.9 Å². The highest BCUT2D eigenvalue weighted by molar-refractivity contribution is 6.30. The minimum absolute atomic E-state index is 0.232. The fraction of sp³-hybridized carbons (Fsp3) is 0.500. The van der Waals surface area contributed by atoms with Crippen LogP contribution in [0.1, 0.15) is 31.2 Å². The molecule has 0 radical (unpaired) electrons. The largest absolute Gasteiger partial charge is 0.301 e. The third kappa shape index (κ3) is 2.76. The van der Waals surface area contributed by atoms with Gasteiger partial charge in [-0.15, -0.1) is 0 Å². The number of fused-ring (bicyclic) bond motifs is 1. The molecule has 110 valence electrons. The molecule has 4 nitrogen and oxygen atoms in total. The lowest BCUT2D eigenvalue weighted by molar-refractivity contribution is 0.135. The van der Waals surface area contributed by atoms with Gasteiger partial charge in [-0.3, -0.25) is 4.90 Å². The van der Waals surface area contributed by atoms with Crippen LogP contribution in [0.5, 0.6) is 0 Å². The molecule has 1 saturated heterocycles. The van der Waals surface area contributed by atoms with E-state index in [1.165, 1.54) is 0 Å². The van der Waals surface area contributed by atoms with E-state index in [0.717, 1.165) is 49.5 Å². The molecule has 0 saturated carbocycles. The summed E-state index contributed by atoms with van der Waals surface area (Å²) in [4.78, 5) is 6.94. The topological polar surface area (TPSA) is 44.3 Å². The van der Waals surface area contributed by atoms with E-state index >= 15 is 0 Å². The average molecular weight is 303 g/mol. The van der Waals surface area contributed by atoms with Gasteiger partial charge in [0, 0.05) is 19.3 Å². The molecular weight excluding hydrogens is 284 g/mol. The molecule has 0 aromatic carbocycles. The van der Waals surface area contributed by atoms with Crippen LogP contribution in [0, 0.1) is 23.7 Å². The molecule has 0 aliphatic carbocycles. The van der Waals surface area contributed by atoms with E-state index in [1.807, 2.05) is 25.3 Å². The number of rotatable bonds is 2. The second-order valence-electron chi connectivity index (χ2n) is 6.21. The lowest BCUT2D eigenvalue weighted by Crippen LogP contribution is -2.40. The first kappa shape index (κ1) is 14.4. The van der Waals surface area contributed by atoms with Crippen molar-refractivity contribution >= 4 is 17.2 Å². The van der Waals surface area contributed by atoms with Gasteiger partial charge >= 0.3 is 0 Å². The number of likely N-dealkylation sites (tertiary alicyclic amines) is 1. The molecule has 0 spiro atoms. The minimum atomic E-state index is -0.232. The van der Waals surface area contributed by atoms with Crippen molar-refractivity contribution in [1.82, 2.24) is 14.3 Å². The Morgan fingerprint density at radius 2 is 2.29 bits per heavy atom. The van der Waals surface area contributed by atoms with Gasteiger partial charge in [-0.1, -0.05) is 11.6 Å². The maximum atomic E-state index is 9.35. The van der Waals surface area contributed by atoms with Crippen molar-refractivity contribution in [3.63, 3.8) is 0 Å². The zero-order chi connectivity index (χ0) is 15.0. The molecule has 0 amide bonds. The Hall–Kier alpha value is -1.57. The van der Waals surface area contributed by atoms with Gasteiger partial charge in [-0.25, -0.2) is 4.98 Å².